The van der Waals surface area contributed by atoms with E-state index in [1.807, 2.05) is 18.2 Å². The Morgan fingerprint density at radius 2 is 1.17 bits per heavy atom. The smallest absolute Gasteiger partial charge is 0.178 e. The van der Waals surface area contributed by atoms with Gasteiger partial charge in [0.05, 0.1) is 22.3 Å². The fourth-order valence-electron chi connectivity index (χ4n) is 6.42. The van der Waals surface area contributed by atoms with Crippen LogP contribution in [0.5, 0.6) is 0 Å². The van der Waals surface area contributed by atoms with Crippen molar-refractivity contribution in [2.45, 2.75) is 39.5 Å². The first kappa shape index (κ1) is 24.0. The number of furan rings is 2. The summed E-state index contributed by atoms with van der Waals surface area (Å²) in [6.45, 7) is 9.06. The van der Waals surface area contributed by atoms with Crippen LogP contribution >= 0.6 is 0 Å². The van der Waals surface area contributed by atoms with Gasteiger partial charge >= 0.3 is 0 Å². The van der Waals surface area contributed by atoms with Crippen LogP contribution in [0.15, 0.2) is 106 Å². The summed E-state index contributed by atoms with van der Waals surface area (Å²) in [4.78, 5) is 5.26. The summed E-state index contributed by atoms with van der Waals surface area (Å²) in [5, 5.41) is 4.26. The highest BCUT2D eigenvalue weighted by atomic mass is 16.4. The number of hydrogen-bond donors (Lipinski definition) is 0. The zero-order chi connectivity index (χ0) is 27.8. The zero-order valence-corrected chi connectivity index (χ0v) is 23.6. The molecule has 200 valence electrons. The first-order valence-electron chi connectivity index (χ1n) is 14.4. The van der Waals surface area contributed by atoms with Crippen molar-refractivity contribution in [3.8, 4) is 17.1 Å². The van der Waals surface area contributed by atoms with E-state index in [2.05, 4.69) is 111 Å². The van der Waals surface area contributed by atoms with Gasteiger partial charge in [-0.15, -0.1) is 0 Å². The number of rotatable bonds is 4. The Morgan fingerprint density at radius 1 is 0.561 bits per heavy atom. The molecule has 0 radical (unpaired) electrons. The van der Waals surface area contributed by atoms with Gasteiger partial charge in [0.15, 0.2) is 11.2 Å². The molecule has 4 nitrogen and oxygen atoms in total. The van der Waals surface area contributed by atoms with Crippen LogP contribution in [-0.4, -0.2) is 9.55 Å². The molecule has 0 aliphatic carbocycles. The third-order valence-electron chi connectivity index (χ3n) is 8.38. The van der Waals surface area contributed by atoms with Gasteiger partial charge in [-0.3, -0.25) is 4.57 Å². The molecule has 0 aliphatic rings. The van der Waals surface area contributed by atoms with E-state index in [1.165, 1.54) is 16.8 Å². The van der Waals surface area contributed by atoms with E-state index in [9.17, 15) is 0 Å². The Balaban J connectivity index is 1.49. The average molecular weight is 535 g/mol. The minimum atomic E-state index is 0.348. The number of imidazole rings is 1. The highest BCUT2D eigenvalue weighted by molar-refractivity contribution is 6.20. The Kier molecular flexibility index (Phi) is 5.17. The van der Waals surface area contributed by atoms with Crippen molar-refractivity contribution in [1.82, 2.24) is 9.55 Å². The second-order valence-corrected chi connectivity index (χ2v) is 11.6. The largest absolute Gasteiger partial charge is 0.452 e. The van der Waals surface area contributed by atoms with Crippen molar-refractivity contribution in [3.63, 3.8) is 0 Å². The lowest BCUT2D eigenvalue weighted by Gasteiger charge is -2.22. The molecule has 8 rings (SSSR count). The number of benzene rings is 5. The van der Waals surface area contributed by atoms with Crippen molar-refractivity contribution in [2.75, 3.05) is 0 Å². The maximum Gasteiger partial charge on any atom is 0.178 e. The van der Waals surface area contributed by atoms with E-state index in [0.717, 1.165) is 66.3 Å². The summed E-state index contributed by atoms with van der Waals surface area (Å²) in [6.07, 6.45) is 0. The molecule has 0 saturated carbocycles. The Hall–Kier alpha value is -4.83. The molecule has 0 saturated heterocycles. The van der Waals surface area contributed by atoms with Gasteiger partial charge in [0.1, 0.15) is 17.0 Å². The van der Waals surface area contributed by atoms with Crippen molar-refractivity contribution in [3.05, 3.63) is 108 Å². The van der Waals surface area contributed by atoms with E-state index in [4.69, 9.17) is 13.8 Å². The average Bonchev–Trinajstić information content (AvgIpc) is 3.67. The monoisotopic (exact) mass is 534 g/mol. The van der Waals surface area contributed by atoms with E-state index in [0.29, 0.717) is 11.8 Å². The second kappa shape index (κ2) is 8.84. The van der Waals surface area contributed by atoms with Crippen molar-refractivity contribution in [2.24, 2.45) is 0 Å². The summed E-state index contributed by atoms with van der Waals surface area (Å²) in [7, 11) is 0. The fourth-order valence-corrected chi connectivity index (χ4v) is 6.42. The third-order valence-corrected chi connectivity index (χ3v) is 8.38. The molecular weight excluding hydrogens is 504 g/mol. The number of fused-ring (bicyclic) bond motifs is 8. The molecule has 8 aromatic rings. The van der Waals surface area contributed by atoms with Gasteiger partial charge in [-0.05, 0) is 59.4 Å². The minimum Gasteiger partial charge on any atom is -0.452 e. The molecule has 0 unspecified atom stereocenters. The van der Waals surface area contributed by atoms with Crippen LogP contribution in [0.4, 0.5) is 0 Å². The third kappa shape index (κ3) is 3.43. The topological polar surface area (TPSA) is 44.1 Å². The molecule has 0 bridgehead atoms. The molecule has 3 heterocycles. The van der Waals surface area contributed by atoms with Crippen LogP contribution in [0.1, 0.15) is 50.7 Å². The van der Waals surface area contributed by atoms with Gasteiger partial charge < -0.3 is 8.83 Å². The van der Waals surface area contributed by atoms with Crippen LogP contribution in [-0.2, 0) is 0 Å². The van der Waals surface area contributed by atoms with E-state index in [1.54, 1.807) is 0 Å². The molecule has 4 heteroatoms. The van der Waals surface area contributed by atoms with E-state index >= 15 is 0 Å². The quantitative estimate of drug-likeness (QED) is 0.225. The second-order valence-electron chi connectivity index (χ2n) is 11.6. The fraction of sp³-hybridized carbons (Fsp3) is 0.162. The number of nitrogens with zero attached hydrogens (tertiary/aromatic N) is 2. The van der Waals surface area contributed by atoms with Gasteiger partial charge in [-0.1, -0.05) is 88.4 Å². The standard InChI is InChI=1S/C37H30N2O2/c1-21(2)23-12-9-13-24(22(3)4)33(23)39-31-17-7-6-16-30(31)38-37(39)29-15-10-14-26-28-20-19-27-25-11-5-8-18-32(25)40-35(27)36(28)41-34(26)29/h5-22H,1-4H3. The molecule has 0 atom stereocenters. The van der Waals surface area contributed by atoms with Gasteiger partial charge in [0.25, 0.3) is 0 Å². The normalized spacial score (nSPS) is 12.3. The van der Waals surface area contributed by atoms with Gasteiger partial charge in [0, 0.05) is 21.5 Å². The van der Waals surface area contributed by atoms with Crippen LogP contribution in [0.25, 0.3) is 72.0 Å². The van der Waals surface area contributed by atoms with Crippen LogP contribution in [0.2, 0.25) is 0 Å². The number of hydrogen-bond acceptors (Lipinski definition) is 3. The van der Waals surface area contributed by atoms with Crippen molar-refractivity contribution < 1.29 is 8.83 Å². The molecule has 3 aromatic heterocycles. The highest BCUT2D eigenvalue weighted by Crippen LogP contribution is 2.43. The Morgan fingerprint density at radius 3 is 1.95 bits per heavy atom. The van der Waals surface area contributed by atoms with Gasteiger partial charge in [-0.2, -0.15) is 0 Å². The maximum atomic E-state index is 6.78. The Bertz CT molecular complexity index is 2250. The summed E-state index contributed by atoms with van der Waals surface area (Å²) < 4.78 is 15.5. The zero-order valence-electron chi connectivity index (χ0n) is 23.6. The van der Waals surface area contributed by atoms with Gasteiger partial charge in [-0.25, -0.2) is 4.98 Å². The molecule has 0 aliphatic heterocycles. The Labute approximate surface area is 237 Å². The number of para-hydroxylation sites is 5. The van der Waals surface area contributed by atoms with Gasteiger partial charge in [0.2, 0.25) is 0 Å². The van der Waals surface area contributed by atoms with Crippen molar-refractivity contribution in [1.29, 1.82) is 0 Å². The predicted molar refractivity (Wildman–Crippen MR) is 169 cm³/mol. The van der Waals surface area contributed by atoms with E-state index in [-0.39, 0.29) is 0 Å². The summed E-state index contributed by atoms with van der Waals surface area (Å²) in [5.74, 6) is 1.58. The van der Waals surface area contributed by atoms with Crippen LogP contribution in [0.3, 0.4) is 0 Å². The van der Waals surface area contributed by atoms with Crippen molar-refractivity contribution >= 4 is 54.9 Å². The summed E-state index contributed by atoms with van der Waals surface area (Å²) in [5.41, 5.74) is 10.1. The number of aromatic nitrogens is 2. The van der Waals surface area contributed by atoms with Crippen LogP contribution in [0, 0.1) is 0 Å². The summed E-state index contributed by atoms with van der Waals surface area (Å²) >= 11 is 0. The minimum absolute atomic E-state index is 0.348. The molecule has 0 amide bonds. The van der Waals surface area contributed by atoms with E-state index < -0.39 is 0 Å². The molecule has 41 heavy (non-hydrogen) atoms. The SMILES string of the molecule is CC(C)c1cccc(C(C)C)c1-n1c(-c2cccc3c2oc2c3ccc3c4ccccc4oc32)nc2ccccc21. The first-order chi connectivity index (χ1) is 20.0. The lowest BCUT2D eigenvalue weighted by molar-refractivity contribution is 0.633. The molecule has 0 N–H and O–H groups in total. The molecule has 0 fully saturated rings. The lowest BCUT2D eigenvalue weighted by Crippen LogP contribution is -2.08. The predicted octanol–water partition coefficient (Wildman–Crippen LogP) is 10.7. The summed E-state index contributed by atoms with van der Waals surface area (Å²) in [6, 6.07) is 33.9. The molecule has 0 spiro atoms. The lowest BCUT2D eigenvalue weighted by atomic mass is 9.92. The molecular formula is C37H30N2O2. The van der Waals surface area contributed by atoms with Crippen LogP contribution < -0.4 is 0 Å². The highest BCUT2D eigenvalue weighted by Gasteiger charge is 2.25. The first-order valence-corrected chi connectivity index (χ1v) is 14.4. The molecule has 5 aromatic carbocycles. The maximum absolute atomic E-state index is 6.78.